The summed E-state index contributed by atoms with van der Waals surface area (Å²) in [5.41, 5.74) is 1.24. The number of allylic oxidation sites excluding steroid dienone is 1. The number of aliphatic hydroxyl groups excluding tert-OH is 1. The van der Waals surface area contributed by atoms with Gasteiger partial charge in [-0.1, -0.05) is 17.8 Å². The second kappa shape index (κ2) is 8.82. The van der Waals surface area contributed by atoms with Crippen molar-refractivity contribution in [3.8, 4) is 0 Å². The van der Waals surface area contributed by atoms with Gasteiger partial charge in [-0.2, -0.15) is 0 Å². The van der Waals surface area contributed by atoms with Crippen molar-refractivity contribution in [1.82, 2.24) is 24.9 Å². The molecule has 0 amide bonds. The third-order valence-corrected chi connectivity index (χ3v) is 7.57. The van der Waals surface area contributed by atoms with Gasteiger partial charge in [0.05, 0.1) is 0 Å². The van der Waals surface area contributed by atoms with E-state index < -0.39 is 11.6 Å². The van der Waals surface area contributed by atoms with Gasteiger partial charge in [-0.25, -0.2) is 8.78 Å². The van der Waals surface area contributed by atoms with Gasteiger partial charge in [0.1, 0.15) is 11.6 Å². The van der Waals surface area contributed by atoms with Crippen molar-refractivity contribution < 1.29 is 13.9 Å². The first-order valence-electron chi connectivity index (χ1n) is 10.4. The minimum atomic E-state index is -0.519. The number of hydrogen-bond acceptors (Lipinski definition) is 6. The van der Waals surface area contributed by atoms with Crippen LogP contribution in [0.4, 0.5) is 8.78 Å². The van der Waals surface area contributed by atoms with Gasteiger partial charge in [0, 0.05) is 31.1 Å². The van der Waals surface area contributed by atoms with E-state index in [4.69, 9.17) is 7.98 Å². The summed E-state index contributed by atoms with van der Waals surface area (Å²) in [4.78, 5) is 2.44. The zero-order valence-corrected chi connectivity index (χ0v) is 18.6. The molecule has 1 spiro atoms. The molecule has 164 valence electrons. The fraction of sp³-hybridized carbons (Fsp3) is 0.524. The van der Waals surface area contributed by atoms with Crippen LogP contribution in [0.5, 0.6) is 0 Å². The number of aliphatic hydroxyl groups is 1. The summed E-state index contributed by atoms with van der Waals surface area (Å²) in [7, 11) is 7.14. The molecule has 2 N–H and O–H groups in total. The summed E-state index contributed by atoms with van der Waals surface area (Å²) < 4.78 is 29.1. The molecule has 10 heteroatoms. The van der Waals surface area contributed by atoms with Crippen LogP contribution < -0.4 is 5.23 Å². The molecule has 2 radical (unpaired) electrons. The van der Waals surface area contributed by atoms with Gasteiger partial charge >= 0.3 is 0 Å². The van der Waals surface area contributed by atoms with Gasteiger partial charge in [0.25, 0.3) is 0 Å². The van der Waals surface area contributed by atoms with E-state index in [2.05, 4.69) is 20.3 Å². The van der Waals surface area contributed by atoms with Crippen LogP contribution in [0.15, 0.2) is 29.1 Å². The molecule has 2 fully saturated rings. The maximum atomic E-state index is 14.1. The zero-order chi connectivity index (χ0) is 22.2. The molecule has 2 heterocycles. The van der Waals surface area contributed by atoms with Crippen molar-refractivity contribution in [2.24, 2.45) is 12.5 Å². The zero-order valence-electron chi connectivity index (χ0n) is 17.7. The Hall–Kier alpha value is -2.07. The van der Waals surface area contributed by atoms with Crippen LogP contribution >= 0.6 is 11.8 Å². The van der Waals surface area contributed by atoms with Crippen molar-refractivity contribution in [2.45, 2.75) is 37.3 Å². The maximum absolute atomic E-state index is 14.1. The van der Waals surface area contributed by atoms with E-state index in [1.54, 1.807) is 29.3 Å². The molecule has 1 saturated carbocycles. The quantitative estimate of drug-likeness (QED) is 0.281. The van der Waals surface area contributed by atoms with E-state index in [-0.39, 0.29) is 17.1 Å². The van der Waals surface area contributed by atoms with Gasteiger partial charge in [0.15, 0.2) is 10.9 Å². The fourth-order valence-electron chi connectivity index (χ4n) is 4.53. The Morgan fingerprint density at radius 2 is 2.19 bits per heavy atom. The first-order valence-corrected chi connectivity index (χ1v) is 11.4. The second-order valence-corrected chi connectivity index (χ2v) is 9.56. The molecule has 1 aliphatic carbocycles. The Morgan fingerprint density at radius 1 is 1.39 bits per heavy atom. The highest BCUT2D eigenvalue weighted by atomic mass is 32.2. The highest BCUT2D eigenvalue weighted by molar-refractivity contribution is 7.99. The van der Waals surface area contributed by atoms with Crippen LogP contribution in [0.25, 0.3) is 5.76 Å². The van der Waals surface area contributed by atoms with Crippen LogP contribution in [-0.2, 0) is 7.05 Å². The number of thioether (sulfide) groups is 1. The standard InChI is InChI=1S/C21H26BF2N5OS/c1-13(25-22)18(30)19-26-27-20(28(19)2)31-9-3-7-29-8-6-21(12-29)11-16(21)15-5-4-14(23)10-17(15)24/h4-5,10,16,25,30H,3,6-9,11-12H2,1-2H3/b18-13-/t16-,21+/m0/s1. The second-order valence-electron chi connectivity index (χ2n) is 8.50. The number of rotatable bonds is 8. The number of nitrogens with zero attached hydrogens (tertiary/aromatic N) is 4. The third kappa shape index (κ3) is 4.46. The van der Waals surface area contributed by atoms with E-state index in [0.29, 0.717) is 17.1 Å². The van der Waals surface area contributed by atoms with Crippen molar-refractivity contribution in [1.29, 1.82) is 0 Å². The summed E-state index contributed by atoms with van der Waals surface area (Å²) >= 11 is 1.60. The minimum Gasteiger partial charge on any atom is -0.503 e. The molecule has 1 aromatic carbocycles. The van der Waals surface area contributed by atoms with Crippen molar-refractivity contribution in [3.05, 3.63) is 46.9 Å². The van der Waals surface area contributed by atoms with Crippen LogP contribution in [0, 0.1) is 17.0 Å². The smallest absolute Gasteiger partial charge is 0.222 e. The molecule has 2 aliphatic rings. The summed E-state index contributed by atoms with van der Waals surface area (Å²) in [6.07, 6.45) is 3.04. The Balaban J connectivity index is 1.25. The summed E-state index contributed by atoms with van der Waals surface area (Å²) in [6.45, 7) is 4.62. The van der Waals surface area contributed by atoms with Gasteiger partial charge < -0.3 is 19.8 Å². The highest BCUT2D eigenvalue weighted by Crippen LogP contribution is 2.64. The van der Waals surface area contributed by atoms with Crippen LogP contribution in [0.3, 0.4) is 0 Å². The highest BCUT2D eigenvalue weighted by Gasteiger charge is 2.58. The topological polar surface area (TPSA) is 66.2 Å². The molecule has 1 aromatic heterocycles. The number of nitrogens with one attached hydrogen (secondary N) is 1. The van der Waals surface area contributed by atoms with Crippen molar-refractivity contribution in [2.75, 3.05) is 25.4 Å². The van der Waals surface area contributed by atoms with Crippen molar-refractivity contribution in [3.63, 3.8) is 0 Å². The molecular weight excluding hydrogens is 419 g/mol. The number of benzene rings is 1. The van der Waals surface area contributed by atoms with Crippen LogP contribution in [-0.4, -0.2) is 58.1 Å². The predicted molar refractivity (Wildman–Crippen MR) is 118 cm³/mol. The van der Waals surface area contributed by atoms with Gasteiger partial charge in [-0.3, -0.25) is 0 Å². The van der Waals surface area contributed by atoms with Crippen LogP contribution in [0.2, 0.25) is 0 Å². The van der Waals surface area contributed by atoms with E-state index in [1.807, 2.05) is 7.05 Å². The molecule has 0 unspecified atom stereocenters. The molecule has 4 rings (SSSR count). The lowest BCUT2D eigenvalue weighted by atomic mass is 9.98. The maximum Gasteiger partial charge on any atom is 0.222 e. The normalized spacial score (nSPS) is 23.9. The number of hydrogen-bond donors (Lipinski definition) is 2. The molecule has 2 aromatic rings. The molecular formula is C21H26BF2N5OS. The lowest BCUT2D eigenvalue weighted by molar-refractivity contribution is 0.319. The molecule has 31 heavy (non-hydrogen) atoms. The summed E-state index contributed by atoms with van der Waals surface area (Å²) in [6, 6.07) is 3.96. The van der Waals surface area contributed by atoms with E-state index in [1.165, 1.54) is 6.07 Å². The predicted octanol–water partition coefficient (Wildman–Crippen LogP) is 3.37. The molecule has 6 nitrogen and oxygen atoms in total. The van der Waals surface area contributed by atoms with E-state index in [0.717, 1.165) is 55.9 Å². The monoisotopic (exact) mass is 445 g/mol. The molecule has 0 bridgehead atoms. The van der Waals surface area contributed by atoms with Gasteiger partial charge in [-0.15, -0.1) is 10.2 Å². The van der Waals surface area contributed by atoms with E-state index in [9.17, 15) is 13.9 Å². The Bertz CT molecular complexity index is 1000. The lowest BCUT2D eigenvalue weighted by Crippen LogP contribution is -2.23. The first kappa shape index (κ1) is 22.1. The van der Waals surface area contributed by atoms with Gasteiger partial charge in [-0.05, 0) is 62.2 Å². The average Bonchev–Trinajstić information content (AvgIpc) is 3.08. The van der Waals surface area contributed by atoms with Gasteiger partial charge in [0.2, 0.25) is 13.8 Å². The minimum absolute atomic E-state index is 0.0247. The number of aromatic nitrogens is 3. The number of likely N-dealkylation sites (tertiary alicyclic amines) is 1. The average molecular weight is 445 g/mol. The lowest BCUT2D eigenvalue weighted by Gasteiger charge is -2.16. The van der Waals surface area contributed by atoms with Crippen molar-refractivity contribution >= 4 is 25.5 Å². The molecule has 1 aliphatic heterocycles. The Labute approximate surface area is 186 Å². The SMILES string of the molecule is [B]N/C(C)=C(\O)c1nnc(SCCCN2CC[C@@]3(C[C@H]3c3ccc(F)cc3F)C2)n1C. The van der Waals surface area contributed by atoms with Crippen LogP contribution in [0.1, 0.15) is 43.5 Å². The summed E-state index contributed by atoms with van der Waals surface area (Å²) in [5.74, 6) is 0.490. The first-order chi connectivity index (χ1) is 14.8. The Kier molecular flexibility index (Phi) is 6.30. The number of halogens is 2. The fourth-order valence-corrected chi connectivity index (χ4v) is 5.37. The third-order valence-electron chi connectivity index (χ3n) is 6.46. The molecule has 1 saturated heterocycles. The largest absolute Gasteiger partial charge is 0.503 e. The summed E-state index contributed by atoms with van der Waals surface area (Å²) in [5, 5.41) is 21.5. The van der Waals surface area contributed by atoms with E-state index >= 15 is 0 Å². The Morgan fingerprint density at radius 3 is 2.94 bits per heavy atom. The molecule has 2 atom stereocenters.